The van der Waals surface area contributed by atoms with E-state index in [2.05, 4.69) is 11.9 Å². The summed E-state index contributed by atoms with van der Waals surface area (Å²) < 4.78 is 0. The van der Waals surface area contributed by atoms with Gasteiger partial charge in [0.15, 0.2) is 0 Å². The monoisotopic (exact) mass is 239 g/mol. The van der Waals surface area contributed by atoms with Crippen LogP contribution in [-0.4, -0.2) is 48.9 Å². The minimum Gasteiger partial charge on any atom is -0.398 e. The Hall–Kier alpha value is -1.07. The maximum Gasteiger partial charge on any atom is 0.264 e. The van der Waals surface area contributed by atoms with Crippen molar-refractivity contribution in [2.45, 2.75) is 6.92 Å². The minimum atomic E-state index is 0.123. The molecule has 4 nitrogen and oxygen atoms in total. The van der Waals surface area contributed by atoms with Crippen LogP contribution in [0.2, 0.25) is 0 Å². The molecule has 1 aromatic heterocycles. The zero-order chi connectivity index (χ0) is 11.7. The van der Waals surface area contributed by atoms with Gasteiger partial charge < -0.3 is 15.5 Å². The number of aryl methyl sites for hydroxylation is 1. The molecule has 1 saturated heterocycles. The predicted molar refractivity (Wildman–Crippen MR) is 66.9 cm³/mol. The van der Waals surface area contributed by atoms with Gasteiger partial charge in [0.05, 0.1) is 4.88 Å². The van der Waals surface area contributed by atoms with E-state index >= 15 is 0 Å². The Morgan fingerprint density at radius 1 is 1.38 bits per heavy atom. The van der Waals surface area contributed by atoms with Gasteiger partial charge in [-0.05, 0) is 20.0 Å². The second-order valence-corrected chi connectivity index (χ2v) is 5.47. The number of nitrogen functional groups attached to an aromatic ring is 1. The maximum absolute atomic E-state index is 12.1. The quantitative estimate of drug-likeness (QED) is 0.796. The first-order chi connectivity index (χ1) is 7.58. The summed E-state index contributed by atoms with van der Waals surface area (Å²) in [6.07, 6.45) is 0. The van der Waals surface area contributed by atoms with Gasteiger partial charge in [-0.15, -0.1) is 11.3 Å². The molecule has 1 aromatic rings. The van der Waals surface area contributed by atoms with Crippen LogP contribution < -0.4 is 5.73 Å². The van der Waals surface area contributed by atoms with Crippen LogP contribution in [0.1, 0.15) is 14.5 Å². The average Bonchev–Trinajstić information content (AvgIpc) is 2.59. The Bertz CT molecular complexity index is 374. The Kier molecular flexibility index (Phi) is 3.16. The van der Waals surface area contributed by atoms with E-state index in [9.17, 15) is 4.79 Å². The molecule has 16 heavy (non-hydrogen) atoms. The van der Waals surface area contributed by atoms with Crippen molar-refractivity contribution in [3.63, 3.8) is 0 Å². The molecule has 0 unspecified atom stereocenters. The third-order valence-electron chi connectivity index (χ3n) is 2.96. The van der Waals surface area contributed by atoms with E-state index < -0.39 is 0 Å². The molecule has 0 aliphatic carbocycles. The van der Waals surface area contributed by atoms with Crippen LogP contribution >= 0.6 is 11.3 Å². The van der Waals surface area contributed by atoms with E-state index in [4.69, 9.17) is 5.73 Å². The number of thiophene rings is 1. The van der Waals surface area contributed by atoms with Gasteiger partial charge in [0.1, 0.15) is 0 Å². The summed E-state index contributed by atoms with van der Waals surface area (Å²) in [4.78, 5) is 18.1. The van der Waals surface area contributed by atoms with Crippen molar-refractivity contribution in [1.82, 2.24) is 9.80 Å². The van der Waals surface area contributed by atoms with Crippen LogP contribution in [0, 0.1) is 6.92 Å². The summed E-state index contributed by atoms with van der Waals surface area (Å²) in [7, 11) is 2.08. The highest BCUT2D eigenvalue weighted by Crippen LogP contribution is 2.24. The van der Waals surface area contributed by atoms with Crippen molar-refractivity contribution in [1.29, 1.82) is 0 Å². The van der Waals surface area contributed by atoms with Gasteiger partial charge in [-0.2, -0.15) is 0 Å². The fourth-order valence-corrected chi connectivity index (χ4v) is 2.68. The van der Waals surface area contributed by atoms with Crippen LogP contribution in [0.5, 0.6) is 0 Å². The molecule has 5 heteroatoms. The van der Waals surface area contributed by atoms with E-state index in [1.54, 1.807) is 6.07 Å². The smallest absolute Gasteiger partial charge is 0.264 e. The molecule has 88 valence electrons. The number of hydrogen-bond donors (Lipinski definition) is 1. The van der Waals surface area contributed by atoms with Crippen LogP contribution in [-0.2, 0) is 0 Å². The summed E-state index contributed by atoms with van der Waals surface area (Å²) >= 11 is 1.49. The van der Waals surface area contributed by atoms with Gasteiger partial charge in [0.2, 0.25) is 0 Å². The van der Waals surface area contributed by atoms with Gasteiger partial charge in [-0.1, -0.05) is 0 Å². The molecule has 0 aromatic carbocycles. The molecule has 0 bridgehead atoms. The third-order valence-corrected chi connectivity index (χ3v) is 4.01. The molecule has 1 fully saturated rings. The number of carbonyl (C=O) groups is 1. The molecule has 0 radical (unpaired) electrons. The summed E-state index contributed by atoms with van der Waals surface area (Å²) in [6, 6.07) is 1.79. The molecule has 1 amide bonds. The summed E-state index contributed by atoms with van der Waals surface area (Å²) in [5, 5.41) is 0. The lowest BCUT2D eigenvalue weighted by Crippen LogP contribution is -2.46. The van der Waals surface area contributed by atoms with Crippen molar-refractivity contribution in [2.75, 3.05) is 39.0 Å². The lowest BCUT2D eigenvalue weighted by molar-refractivity contribution is 0.0669. The maximum atomic E-state index is 12.1. The van der Waals surface area contributed by atoms with E-state index in [-0.39, 0.29) is 5.91 Å². The first-order valence-corrected chi connectivity index (χ1v) is 6.23. The van der Waals surface area contributed by atoms with Crippen LogP contribution in [0.3, 0.4) is 0 Å². The molecule has 0 spiro atoms. The number of amides is 1. The second kappa shape index (κ2) is 4.43. The van der Waals surface area contributed by atoms with Crippen LogP contribution in [0.25, 0.3) is 0 Å². The van der Waals surface area contributed by atoms with Crippen LogP contribution in [0.15, 0.2) is 6.07 Å². The number of carbonyl (C=O) groups excluding carboxylic acids is 1. The average molecular weight is 239 g/mol. The first kappa shape index (κ1) is 11.4. The van der Waals surface area contributed by atoms with Crippen molar-refractivity contribution >= 4 is 22.9 Å². The second-order valence-electron chi connectivity index (χ2n) is 4.22. The molecular formula is C11H17N3OS. The zero-order valence-corrected chi connectivity index (χ0v) is 10.5. The fraction of sp³-hybridized carbons (Fsp3) is 0.545. The number of piperazine rings is 1. The van der Waals surface area contributed by atoms with E-state index in [1.165, 1.54) is 11.3 Å². The number of nitrogens with two attached hydrogens (primary N) is 1. The molecule has 0 atom stereocenters. The highest BCUT2D eigenvalue weighted by atomic mass is 32.1. The standard InChI is InChI=1S/C11H17N3OS/c1-8-9(12)7-10(16-8)11(15)14-5-3-13(2)4-6-14/h7H,3-6,12H2,1-2H3. The topological polar surface area (TPSA) is 49.6 Å². The van der Waals surface area contributed by atoms with Crippen LogP contribution in [0.4, 0.5) is 5.69 Å². The number of hydrogen-bond acceptors (Lipinski definition) is 4. The molecule has 2 rings (SSSR count). The molecule has 2 heterocycles. The zero-order valence-electron chi connectivity index (χ0n) is 9.69. The van der Waals surface area contributed by atoms with Crippen molar-refractivity contribution in [2.24, 2.45) is 0 Å². The molecule has 0 saturated carbocycles. The van der Waals surface area contributed by atoms with Crippen molar-refractivity contribution < 1.29 is 4.79 Å². The predicted octanol–water partition coefficient (Wildman–Crippen LogP) is 1.03. The third kappa shape index (κ3) is 2.20. The highest BCUT2D eigenvalue weighted by Gasteiger charge is 2.21. The summed E-state index contributed by atoms with van der Waals surface area (Å²) in [5.74, 6) is 0.123. The normalized spacial score (nSPS) is 17.8. The molecular weight excluding hydrogens is 222 g/mol. The van der Waals surface area contributed by atoms with Gasteiger partial charge in [0, 0.05) is 36.7 Å². The fourth-order valence-electron chi connectivity index (χ4n) is 1.77. The van der Waals surface area contributed by atoms with E-state index in [1.807, 2.05) is 11.8 Å². The van der Waals surface area contributed by atoms with Gasteiger partial charge in [-0.25, -0.2) is 0 Å². The van der Waals surface area contributed by atoms with Crippen molar-refractivity contribution in [3.05, 3.63) is 15.8 Å². The SMILES string of the molecule is Cc1sc(C(=O)N2CCN(C)CC2)cc1N. The van der Waals surface area contributed by atoms with Gasteiger partial charge >= 0.3 is 0 Å². The summed E-state index contributed by atoms with van der Waals surface area (Å²) in [6.45, 7) is 5.47. The van der Waals surface area contributed by atoms with Crippen molar-refractivity contribution in [3.8, 4) is 0 Å². The molecule has 1 aliphatic heterocycles. The van der Waals surface area contributed by atoms with E-state index in [0.717, 1.165) is 41.6 Å². The molecule has 1 aliphatic rings. The molecule has 2 N–H and O–H groups in total. The number of nitrogens with zero attached hydrogens (tertiary/aromatic N) is 2. The summed E-state index contributed by atoms with van der Waals surface area (Å²) in [5.41, 5.74) is 6.49. The number of rotatable bonds is 1. The first-order valence-electron chi connectivity index (χ1n) is 5.41. The highest BCUT2D eigenvalue weighted by molar-refractivity contribution is 7.14. The number of likely N-dealkylation sites (N-methyl/N-ethyl adjacent to an activating group) is 1. The van der Waals surface area contributed by atoms with Gasteiger partial charge in [0.25, 0.3) is 5.91 Å². The lowest BCUT2D eigenvalue weighted by Gasteiger charge is -2.32. The largest absolute Gasteiger partial charge is 0.398 e. The Balaban J connectivity index is 2.07. The number of anilines is 1. The lowest BCUT2D eigenvalue weighted by atomic mass is 10.3. The minimum absolute atomic E-state index is 0.123. The van der Waals surface area contributed by atoms with E-state index in [0.29, 0.717) is 0 Å². The van der Waals surface area contributed by atoms with Gasteiger partial charge in [-0.3, -0.25) is 4.79 Å². The Morgan fingerprint density at radius 3 is 2.50 bits per heavy atom. The Labute approximate surface area is 99.6 Å². The Morgan fingerprint density at radius 2 is 2.00 bits per heavy atom.